The van der Waals surface area contributed by atoms with Crippen LogP contribution >= 0.6 is 0 Å². The van der Waals surface area contributed by atoms with E-state index in [1.54, 1.807) is 24.1 Å². The van der Waals surface area contributed by atoms with Gasteiger partial charge in [0, 0.05) is 20.2 Å². The molecular weight excluding hydrogens is 258 g/mol. The number of benzene rings is 1. The molecule has 0 saturated carbocycles. The summed E-state index contributed by atoms with van der Waals surface area (Å²) in [4.78, 5) is 25.2. The van der Waals surface area contributed by atoms with Crippen molar-refractivity contribution in [1.29, 1.82) is 0 Å². The first-order valence-corrected chi connectivity index (χ1v) is 6.62. The van der Waals surface area contributed by atoms with E-state index in [0.29, 0.717) is 25.3 Å². The highest BCUT2D eigenvalue weighted by Crippen LogP contribution is 2.16. The molecule has 0 aromatic heterocycles. The number of ether oxygens (including phenoxy) is 2. The predicted octanol–water partition coefficient (Wildman–Crippen LogP) is 1.47. The Kier molecular flexibility index (Phi) is 4.74. The third-order valence-corrected chi connectivity index (χ3v) is 3.45. The van der Waals surface area contributed by atoms with Crippen molar-refractivity contribution in [2.75, 3.05) is 27.4 Å². The third kappa shape index (κ3) is 3.36. The van der Waals surface area contributed by atoms with Gasteiger partial charge in [-0.2, -0.15) is 0 Å². The number of methoxy groups -OCH3 is 1. The first kappa shape index (κ1) is 14.5. The Balaban J connectivity index is 1.95. The Morgan fingerprint density at radius 3 is 2.60 bits per heavy atom. The molecule has 1 aliphatic heterocycles. The van der Waals surface area contributed by atoms with Crippen LogP contribution in [-0.2, 0) is 20.8 Å². The van der Waals surface area contributed by atoms with E-state index in [1.165, 1.54) is 7.11 Å². The van der Waals surface area contributed by atoms with Crippen LogP contribution in [0.2, 0.25) is 0 Å². The van der Waals surface area contributed by atoms with Crippen LogP contribution in [0.15, 0.2) is 24.3 Å². The van der Waals surface area contributed by atoms with Crippen molar-refractivity contribution in [3.63, 3.8) is 0 Å². The molecule has 20 heavy (non-hydrogen) atoms. The summed E-state index contributed by atoms with van der Waals surface area (Å²) in [6.07, 6.45) is 0.796. The van der Waals surface area contributed by atoms with E-state index in [2.05, 4.69) is 4.74 Å². The Morgan fingerprint density at radius 1 is 1.35 bits per heavy atom. The minimum absolute atomic E-state index is 0.0191. The maximum Gasteiger partial charge on any atom is 0.337 e. The maximum atomic E-state index is 12.1. The molecule has 2 rings (SSSR count). The molecule has 5 heteroatoms. The van der Waals surface area contributed by atoms with Gasteiger partial charge in [0.1, 0.15) is 0 Å². The van der Waals surface area contributed by atoms with E-state index in [1.807, 2.05) is 12.1 Å². The van der Waals surface area contributed by atoms with Gasteiger partial charge in [-0.15, -0.1) is 0 Å². The number of hydrogen-bond donors (Lipinski definition) is 0. The van der Waals surface area contributed by atoms with Crippen LogP contribution < -0.4 is 0 Å². The minimum atomic E-state index is -0.357. The van der Waals surface area contributed by atoms with Crippen LogP contribution in [-0.4, -0.2) is 44.1 Å². The summed E-state index contributed by atoms with van der Waals surface area (Å²) in [5.41, 5.74) is 1.49. The van der Waals surface area contributed by atoms with Crippen LogP contribution in [0.4, 0.5) is 0 Å². The molecular formula is C15H19NO4. The van der Waals surface area contributed by atoms with E-state index < -0.39 is 0 Å². The lowest BCUT2D eigenvalue weighted by atomic mass is 10.1. The number of amides is 1. The van der Waals surface area contributed by atoms with Crippen molar-refractivity contribution >= 4 is 11.9 Å². The standard InChI is InChI=1S/C15H19NO4/c1-16(14(17)13-7-8-20-10-13)9-11-3-5-12(6-4-11)15(18)19-2/h3-6,13H,7-10H2,1-2H3. The molecule has 1 fully saturated rings. The summed E-state index contributed by atoms with van der Waals surface area (Å²) >= 11 is 0. The van der Waals surface area contributed by atoms with Crippen LogP contribution in [0.5, 0.6) is 0 Å². The van der Waals surface area contributed by atoms with Crippen molar-refractivity contribution in [3.05, 3.63) is 35.4 Å². The van der Waals surface area contributed by atoms with Gasteiger partial charge in [0.15, 0.2) is 0 Å². The molecule has 1 heterocycles. The van der Waals surface area contributed by atoms with E-state index >= 15 is 0 Å². The fourth-order valence-electron chi connectivity index (χ4n) is 2.26. The molecule has 1 amide bonds. The predicted molar refractivity (Wildman–Crippen MR) is 73.2 cm³/mol. The van der Waals surface area contributed by atoms with Gasteiger partial charge in [-0.25, -0.2) is 4.79 Å². The first-order valence-electron chi connectivity index (χ1n) is 6.62. The number of nitrogens with zero attached hydrogens (tertiary/aromatic N) is 1. The van der Waals surface area contributed by atoms with Gasteiger partial charge in [0.05, 0.1) is 25.2 Å². The summed E-state index contributed by atoms with van der Waals surface area (Å²) in [7, 11) is 3.14. The molecule has 1 saturated heterocycles. The van der Waals surface area contributed by atoms with Crippen molar-refractivity contribution in [3.8, 4) is 0 Å². The summed E-state index contributed by atoms with van der Waals surface area (Å²) in [5, 5.41) is 0. The lowest BCUT2D eigenvalue weighted by Crippen LogP contribution is -2.32. The molecule has 1 aromatic carbocycles. The SMILES string of the molecule is COC(=O)c1ccc(CN(C)C(=O)C2CCOC2)cc1. The molecule has 0 aliphatic carbocycles. The van der Waals surface area contributed by atoms with Gasteiger partial charge < -0.3 is 14.4 Å². The van der Waals surface area contributed by atoms with Gasteiger partial charge in [0.2, 0.25) is 5.91 Å². The zero-order valence-electron chi connectivity index (χ0n) is 11.8. The molecule has 5 nitrogen and oxygen atoms in total. The Hall–Kier alpha value is -1.88. The molecule has 1 atom stereocenters. The summed E-state index contributed by atoms with van der Waals surface area (Å²) in [6, 6.07) is 7.08. The zero-order valence-corrected chi connectivity index (χ0v) is 11.8. The van der Waals surface area contributed by atoms with Crippen molar-refractivity contribution < 1.29 is 19.1 Å². The van der Waals surface area contributed by atoms with Crippen molar-refractivity contribution in [1.82, 2.24) is 4.90 Å². The quantitative estimate of drug-likeness (QED) is 0.782. The van der Waals surface area contributed by atoms with Crippen molar-refractivity contribution in [2.24, 2.45) is 5.92 Å². The Bertz CT molecular complexity index is 477. The third-order valence-electron chi connectivity index (χ3n) is 3.45. The molecule has 1 aliphatic rings. The van der Waals surface area contributed by atoms with E-state index in [4.69, 9.17) is 4.74 Å². The second-order valence-electron chi connectivity index (χ2n) is 4.94. The van der Waals surface area contributed by atoms with Gasteiger partial charge in [-0.3, -0.25) is 4.79 Å². The Morgan fingerprint density at radius 2 is 2.05 bits per heavy atom. The van der Waals surface area contributed by atoms with Gasteiger partial charge in [0.25, 0.3) is 0 Å². The first-order chi connectivity index (χ1) is 9.61. The van der Waals surface area contributed by atoms with Crippen LogP contribution in [0.25, 0.3) is 0 Å². The number of rotatable bonds is 4. The topological polar surface area (TPSA) is 55.8 Å². The van der Waals surface area contributed by atoms with Gasteiger partial charge in [-0.05, 0) is 24.1 Å². The molecule has 108 valence electrons. The molecule has 0 N–H and O–H groups in total. The molecule has 0 spiro atoms. The van der Waals surface area contributed by atoms with Crippen LogP contribution in [0, 0.1) is 5.92 Å². The molecule has 0 radical (unpaired) electrons. The van der Waals surface area contributed by atoms with Crippen molar-refractivity contribution in [2.45, 2.75) is 13.0 Å². The summed E-state index contributed by atoms with van der Waals surface area (Å²) in [6.45, 7) is 1.71. The van der Waals surface area contributed by atoms with Gasteiger partial charge >= 0.3 is 5.97 Å². The van der Waals surface area contributed by atoms with E-state index in [9.17, 15) is 9.59 Å². The highest BCUT2D eigenvalue weighted by molar-refractivity contribution is 5.89. The number of hydrogen-bond acceptors (Lipinski definition) is 4. The lowest BCUT2D eigenvalue weighted by molar-refractivity contribution is -0.134. The smallest absolute Gasteiger partial charge is 0.337 e. The average Bonchev–Trinajstić information content (AvgIpc) is 3.00. The monoisotopic (exact) mass is 277 g/mol. The fourth-order valence-corrected chi connectivity index (χ4v) is 2.26. The summed E-state index contributed by atoms with van der Waals surface area (Å²) < 4.78 is 9.88. The van der Waals surface area contributed by atoms with E-state index in [-0.39, 0.29) is 17.8 Å². The zero-order chi connectivity index (χ0) is 14.5. The molecule has 0 bridgehead atoms. The second-order valence-corrected chi connectivity index (χ2v) is 4.94. The Labute approximate surface area is 118 Å². The molecule has 1 unspecified atom stereocenters. The van der Waals surface area contributed by atoms with E-state index in [0.717, 1.165) is 12.0 Å². The maximum absolute atomic E-state index is 12.1. The lowest BCUT2D eigenvalue weighted by Gasteiger charge is -2.20. The highest BCUT2D eigenvalue weighted by atomic mass is 16.5. The normalized spacial score (nSPS) is 17.8. The summed E-state index contributed by atoms with van der Waals surface area (Å²) in [5.74, 6) is -0.266. The minimum Gasteiger partial charge on any atom is -0.465 e. The largest absolute Gasteiger partial charge is 0.465 e. The number of carbonyl (C=O) groups is 2. The molecule has 1 aromatic rings. The van der Waals surface area contributed by atoms with Crippen LogP contribution in [0.3, 0.4) is 0 Å². The average molecular weight is 277 g/mol. The highest BCUT2D eigenvalue weighted by Gasteiger charge is 2.26. The van der Waals surface area contributed by atoms with Crippen LogP contribution in [0.1, 0.15) is 22.3 Å². The number of esters is 1. The second kappa shape index (κ2) is 6.52. The van der Waals surface area contributed by atoms with Gasteiger partial charge in [-0.1, -0.05) is 12.1 Å². The number of carbonyl (C=O) groups excluding carboxylic acids is 2. The fraction of sp³-hybridized carbons (Fsp3) is 0.467.